The maximum Gasteiger partial charge on any atom is 0.166 e. The molecule has 1 saturated heterocycles. The van der Waals surface area contributed by atoms with Gasteiger partial charge in [0.2, 0.25) is 0 Å². The third-order valence-corrected chi connectivity index (χ3v) is 6.12. The highest BCUT2D eigenvalue weighted by atomic mass is 16.3. The van der Waals surface area contributed by atoms with Crippen molar-refractivity contribution in [3.05, 3.63) is 58.9 Å². The summed E-state index contributed by atoms with van der Waals surface area (Å²) in [6.07, 6.45) is 6.47. The zero-order chi connectivity index (χ0) is 17.4. The molecule has 1 fully saturated rings. The molecule has 2 aromatic rings. The van der Waals surface area contributed by atoms with Crippen molar-refractivity contribution in [1.82, 2.24) is 9.47 Å². The van der Waals surface area contributed by atoms with Crippen molar-refractivity contribution in [2.45, 2.75) is 43.7 Å². The fourth-order valence-corrected chi connectivity index (χ4v) is 4.65. The molecule has 1 aliphatic carbocycles. The highest BCUT2D eigenvalue weighted by Crippen LogP contribution is 2.33. The molecular weight excluding hydrogens is 312 g/mol. The van der Waals surface area contributed by atoms with E-state index in [0.717, 1.165) is 50.8 Å². The predicted molar refractivity (Wildman–Crippen MR) is 98.0 cm³/mol. The molecule has 0 spiro atoms. The number of aliphatic hydroxyl groups excluding tert-OH is 1. The van der Waals surface area contributed by atoms with Gasteiger partial charge in [0, 0.05) is 25.7 Å². The van der Waals surface area contributed by atoms with Crippen LogP contribution >= 0.6 is 0 Å². The van der Waals surface area contributed by atoms with Crippen LogP contribution in [-0.2, 0) is 19.9 Å². The molecule has 0 radical (unpaired) electrons. The van der Waals surface area contributed by atoms with Gasteiger partial charge in [0.15, 0.2) is 6.29 Å². The minimum atomic E-state index is -0.284. The molecule has 0 saturated carbocycles. The van der Waals surface area contributed by atoms with E-state index >= 15 is 0 Å². The van der Waals surface area contributed by atoms with E-state index in [4.69, 9.17) is 0 Å². The van der Waals surface area contributed by atoms with Gasteiger partial charge in [-0.3, -0.25) is 9.69 Å². The Morgan fingerprint density at radius 1 is 1.08 bits per heavy atom. The monoisotopic (exact) mass is 338 g/mol. The van der Waals surface area contributed by atoms with Crippen LogP contribution in [0.4, 0.5) is 0 Å². The van der Waals surface area contributed by atoms with E-state index in [-0.39, 0.29) is 12.1 Å². The quantitative estimate of drug-likeness (QED) is 0.875. The van der Waals surface area contributed by atoms with Crippen LogP contribution < -0.4 is 0 Å². The Morgan fingerprint density at radius 2 is 1.76 bits per heavy atom. The summed E-state index contributed by atoms with van der Waals surface area (Å²) >= 11 is 0. The van der Waals surface area contributed by atoms with Crippen molar-refractivity contribution in [2.75, 3.05) is 13.1 Å². The van der Waals surface area contributed by atoms with Crippen LogP contribution in [0.5, 0.6) is 0 Å². The van der Waals surface area contributed by atoms with E-state index in [2.05, 4.69) is 35.2 Å². The van der Waals surface area contributed by atoms with Crippen LogP contribution in [0, 0.1) is 0 Å². The fourth-order valence-electron chi connectivity index (χ4n) is 4.65. The maximum atomic E-state index is 11.4. The molecule has 132 valence electrons. The minimum Gasteiger partial charge on any atom is -0.391 e. The van der Waals surface area contributed by atoms with Crippen molar-refractivity contribution in [3.63, 3.8) is 0 Å². The molecule has 2 atom stereocenters. The highest BCUT2D eigenvalue weighted by Gasteiger charge is 2.34. The standard InChI is InChI=1S/C21H26N2O2/c1-22-9-8-18(20(22)14-24)15-6-10-23(11-7-15)19-12-16-4-2-3-5-17(16)13-21(19)25/h2-5,8-9,14-15,19,21,25H,6-7,10-13H2,1H3. The van der Waals surface area contributed by atoms with Crippen molar-refractivity contribution in [2.24, 2.45) is 7.05 Å². The first kappa shape index (κ1) is 16.6. The molecule has 0 bridgehead atoms. The second-order valence-corrected chi connectivity index (χ2v) is 7.51. The van der Waals surface area contributed by atoms with Gasteiger partial charge < -0.3 is 9.67 Å². The lowest BCUT2D eigenvalue weighted by molar-refractivity contribution is 0.0294. The molecular formula is C21H26N2O2. The van der Waals surface area contributed by atoms with Gasteiger partial charge in [0.05, 0.1) is 11.8 Å². The zero-order valence-electron chi connectivity index (χ0n) is 14.8. The lowest BCUT2D eigenvalue weighted by atomic mass is 9.83. The smallest absolute Gasteiger partial charge is 0.166 e. The first-order chi connectivity index (χ1) is 12.2. The Bertz CT molecular complexity index is 759. The molecule has 2 aliphatic rings. The first-order valence-corrected chi connectivity index (χ1v) is 9.26. The number of fused-ring (bicyclic) bond motifs is 1. The van der Waals surface area contributed by atoms with Crippen LogP contribution in [-0.4, -0.2) is 46.1 Å². The third-order valence-electron chi connectivity index (χ3n) is 6.12. The number of nitrogens with zero attached hydrogens (tertiary/aromatic N) is 2. The van der Waals surface area contributed by atoms with Gasteiger partial charge in [-0.15, -0.1) is 0 Å². The second-order valence-electron chi connectivity index (χ2n) is 7.51. The number of piperidine rings is 1. The number of hydrogen-bond donors (Lipinski definition) is 1. The van der Waals surface area contributed by atoms with Gasteiger partial charge in [-0.1, -0.05) is 24.3 Å². The predicted octanol–water partition coefficient (Wildman–Crippen LogP) is 2.55. The molecule has 1 aromatic heterocycles. The minimum absolute atomic E-state index is 0.220. The van der Waals surface area contributed by atoms with Gasteiger partial charge in [-0.2, -0.15) is 0 Å². The van der Waals surface area contributed by atoms with Crippen molar-refractivity contribution in [3.8, 4) is 0 Å². The largest absolute Gasteiger partial charge is 0.391 e. The van der Waals surface area contributed by atoms with Gasteiger partial charge in [0.25, 0.3) is 0 Å². The molecule has 1 aromatic carbocycles. The molecule has 25 heavy (non-hydrogen) atoms. The maximum absolute atomic E-state index is 11.4. The average molecular weight is 338 g/mol. The number of aryl methyl sites for hydroxylation is 1. The number of likely N-dealkylation sites (tertiary alicyclic amines) is 1. The molecule has 1 aliphatic heterocycles. The number of benzene rings is 1. The number of aromatic nitrogens is 1. The Kier molecular flexibility index (Phi) is 4.48. The van der Waals surface area contributed by atoms with Crippen molar-refractivity contribution >= 4 is 6.29 Å². The van der Waals surface area contributed by atoms with Gasteiger partial charge in [-0.05, 0) is 61.0 Å². The number of aldehydes is 1. The summed E-state index contributed by atoms with van der Waals surface area (Å²) in [4.78, 5) is 13.8. The number of carbonyl (C=O) groups excluding carboxylic acids is 1. The van der Waals surface area contributed by atoms with Crippen molar-refractivity contribution in [1.29, 1.82) is 0 Å². The molecule has 4 heteroatoms. The fraction of sp³-hybridized carbons (Fsp3) is 0.476. The van der Waals surface area contributed by atoms with Crippen LogP contribution in [0.2, 0.25) is 0 Å². The van der Waals surface area contributed by atoms with Crippen LogP contribution in [0.25, 0.3) is 0 Å². The molecule has 1 N–H and O–H groups in total. The van der Waals surface area contributed by atoms with E-state index < -0.39 is 0 Å². The SMILES string of the molecule is Cn1ccc(C2CCN(C3Cc4ccccc4CC3O)CC2)c1C=O. The third kappa shape index (κ3) is 3.05. The summed E-state index contributed by atoms with van der Waals surface area (Å²) in [5.74, 6) is 0.450. The number of aliphatic hydroxyl groups is 1. The van der Waals surface area contributed by atoms with Gasteiger partial charge >= 0.3 is 0 Å². The van der Waals surface area contributed by atoms with E-state index in [0.29, 0.717) is 5.92 Å². The second kappa shape index (κ2) is 6.77. The zero-order valence-corrected chi connectivity index (χ0v) is 14.8. The normalized spacial score (nSPS) is 24.9. The Labute approximate surface area is 149 Å². The van der Waals surface area contributed by atoms with Crippen LogP contribution in [0.3, 0.4) is 0 Å². The number of rotatable bonds is 3. The van der Waals surface area contributed by atoms with E-state index in [9.17, 15) is 9.90 Å². The summed E-state index contributed by atoms with van der Waals surface area (Å²) in [5, 5.41) is 10.6. The summed E-state index contributed by atoms with van der Waals surface area (Å²) in [5.41, 5.74) is 4.67. The topological polar surface area (TPSA) is 45.5 Å². The molecule has 2 unspecified atom stereocenters. The molecule has 4 nitrogen and oxygen atoms in total. The average Bonchev–Trinajstić information content (AvgIpc) is 3.02. The van der Waals surface area contributed by atoms with Gasteiger partial charge in [0.1, 0.15) is 0 Å². The molecule has 4 rings (SSSR count). The molecule has 2 heterocycles. The van der Waals surface area contributed by atoms with E-state index in [1.807, 2.05) is 17.8 Å². The Balaban J connectivity index is 1.44. The van der Waals surface area contributed by atoms with E-state index in [1.54, 1.807) is 0 Å². The lowest BCUT2D eigenvalue weighted by Crippen LogP contribution is -2.50. The Hall–Kier alpha value is -1.91. The highest BCUT2D eigenvalue weighted by molar-refractivity contribution is 5.75. The first-order valence-electron chi connectivity index (χ1n) is 9.26. The summed E-state index contributed by atoms with van der Waals surface area (Å²) in [6.45, 7) is 1.98. The summed E-state index contributed by atoms with van der Waals surface area (Å²) < 4.78 is 1.91. The number of hydrogen-bond acceptors (Lipinski definition) is 3. The van der Waals surface area contributed by atoms with E-state index in [1.165, 1.54) is 16.7 Å². The Morgan fingerprint density at radius 3 is 2.44 bits per heavy atom. The van der Waals surface area contributed by atoms with Crippen molar-refractivity contribution < 1.29 is 9.90 Å². The molecule has 0 amide bonds. The summed E-state index contributed by atoms with van der Waals surface area (Å²) in [6, 6.07) is 10.8. The van der Waals surface area contributed by atoms with Crippen LogP contribution in [0.1, 0.15) is 45.9 Å². The summed E-state index contributed by atoms with van der Waals surface area (Å²) in [7, 11) is 1.93. The lowest BCUT2D eigenvalue weighted by Gasteiger charge is -2.42. The number of carbonyl (C=O) groups is 1. The van der Waals surface area contributed by atoms with Gasteiger partial charge in [-0.25, -0.2) is 0 Å². The van der Waals surface area contributed by atoms with Crippen LogP contribution in [0.15, 0.2) is 36.5 Å².